The smallest absolute Gasteiger partial charge is 0.336 e. The van der Waals surface area contributed by atoms with Gasteiger partial charge in [-0.2, -0.15) is 0 Å². The largest absolute Gasteiger partial charge is 0.478 e. The van der Waals surface area contributed by atoms with Crippen molar-refractivity contribution in [2.24, 2.45) is 0 Å². The molecule has 1 atom stereocenters. The average molecular weight is 355 g/mol. The van der Waals surface area contributed by atoms with Gasteiger partial charge in [0.1, 0.15) is 0 Å². The molecule has 25 heavy (non-hydrogen) atoms. The summed E-state index contributed by atoms with van der Waals surface area (Å²) in [6.45, 7) is 1.97. The number of benzene rings is 2. The van der Waals surface area contributed by atoms with E-state index in [0.29, 0.717) is 17.0 Å². The molecule has 0 aliphatic carbocycles. The molecule has 2 amide bonds. The van der Waals surface area contributed by atoms with Crippen LogP contribution in [0.1, 0.15) is 29.3 Å². The van der Waals surface area contributed by atoms with Crippen molar-refractivity contribution in [1.29, 1.82) is 0 Å². The molecule has 0 saturated carbocycles. The Hall–Kier alpha value is -2.60. The van der Waals surface area contributed by atoms with E-state index in [-0.39, 0.29) is 23.8 Å². The SMILES string of the molecule is CCc1ccccc1N1C(=O)C[C@@H](Sc2ccccc2C(=O)O)C1=O. The summed E-state index contributed by atoms with van der Waals surface area (Å²) < 4.78 is 0. The van der Waals surface area contributed by atoms with Crippen molar-refractivity contribution < 1.29 is 19.5 Å². The molecule has 6 heteroatoms. The van der Waals surface area contributed by atoms with E-state index in [2.05, 4.69) is 0 Å². The van der Waals surface area contributed by atoms with Gasteiger partial charge in [0, 0.05) is 11.3 Å². The quantitative estimate of drug-likeness (QED) is 0.833. The minimum atomic E-state index is -1.05. The second-order valence-electron chi connectivity index (χ2n) is 5.66. The van der Waals surface area contributed by atoms with Crippen LogP contribution in [-0.4, -0.2) is 28.1 Å². The first-order chi connectivity index (χ1) is 12.0. The second-order valence-corrected chi connectivity index (χ2v) is 6.91. The van der Waals surface area contributed by atoms with E-state index >= 15 is 0 Å². The lowest BCUT2D eigenvalue weighted by atomic mass is 10.1. The molecule has 5 nitrogen and oxygen atoms in total. The number of amides is 2. The zero-order valence-corrected chi connectivity index (χ0v) is 14.5. The fourth-order valence-electron chi connectivity index (χ4n) is 2.88. The number of aromatic carboxylic acids is 1. The Kier molecular flexibility index (Phi) is 4.90. The van der Waals surface area contributed by atoms with Crippen LogP contribution in [0.25, 0.3) is 0 Å². The third-order valence-corrected chi connectivity index (χ3v) is 5.37. The number of nitrogens with zero attached hydrogens (tertiary/aromatic N) is 1. The first kappa shape index (κ1) is 17.2. The molecule has 1 aliphatic heterocycles. The Morgan fingerprint density at radius 2 is 1.84 bits per heavy atom. The maximum Gasteiger partial charge on any atom is 0.336 e. The van der Waals surface area contributed by atoms with Crippen molar-refractivity contribution in [3.05, 3.63) is 59.7 Å². The van der Waals surface area contributed by atoms with Crippen LogP contribution in [0.2, 0.25) is 0 Å². The molecule has 2 aromatic carbocycles. The zero-order chi connectivity index (χ0) is 18.0. The molecule has 3 rings (SSSR count). The third-order valence-electron chi connectivity index (χ3n) is 4.11. The standard InChI is InChI=1S/C19H17NO4S/c1-2-12-7-3-5-9-14(12)20-17(21)11-16(18(20)22)25-15-10-6-4-8-13(15)19(23)24/h3-10,16H,2,11H2,1H3,(H,23,24)/t16-/m1/s1. The molecule has 0 bridgehead atoms. The van der Waals surface area contributed by atoms with E-state index in [1.165, 1.54) is 11.0 Å². The van der Waals surface area contributed by atoms with Crippen LogP contribution < -0.4 is 4.90 Å². The van der Waals surface area contributed by atoms with Crippen molar-refractivity contribution in [2.45, 2.75) is 29.9 Å². The number of thioether (sulfide) groups is 1. The number of carbonyl (C=O) groups excluding carboxylic acids is 2. The van der Waals surface area contributed by atoms with Crippen LogP contribution >= 0.6 is 11.8 Å². The number of para-hydroxylation sites is 1. The highest BCUT2D eigenvalue weighted by molar-refractivity contribution is 8.00. The number of aryl methyl sites for hydroxylation is 1. The summed E-state index contributed by atoms with van der Waals surface area (Å²) in [6.07, 6.45) is 0.780. The molecule has 1 saturated heterocycles. The molecule has 2 aromatic rings. The van der Waals surface area contributed by atoms with Crippen LogP contribution in [0.5, 0.6) is 0 Å². The van der Waals surface area contributed by atoms with Gasteiger partial charge in [0.25, 0.3) is 0 Å². The third kappa shape index (κ3) is 3.30. The van der Waals surface area contributed by atoms with Gasteiger partial charge in [-0.1, -0.05) is 37.3 Å². The molecular weight excluding hydrogens is 338 g/mol. The number of carbonyl (C=O) groups is 3. The predicted molar refractivity (Wildman–Crippen MR) is 96.0 cm³/mol. The topological polar surface area (TPSA) is 74.7 Å². The van der Waals surface area contributed by atoms with Gasteiger partial charge in [0.15, 0.2) is 0 Å². The van der Waals surface area contributed by atoms with Crippen LogP contribution in [-0.2, 0) is 16.0 Å². The number of carboxylic acid groups (broad SMARTS) is 1. The molecule has 1 N–H and O–H groups in total. The van der Waals surface area contributed by atoms with Gasteiger partial charge in [-0.15, -0.1) is 11.8 Å². The molecule has 1 heterocycles. The van der Waals surface area contributed by atoms with E-state index < -0.39 is 11.2 Å². The lowest BCUT2D eigenvalue weighted by Gasteiger charge is -2.18. The zero-order valence-electron chi connectivity index (χ0n) is 13.6. The number of hydrogen-bond donors (Lipinski definition) is 1. The van der Waals surface area contributed by atoms with Crippen LogP contribution in [0.3, 0.4) is 0 Å². The summed E-state index contributed by atoms with van der Waals surface area (Å²) >= 11 is 1.14. The number of imide groups is 1. The van der Waals surface area contributed by atoms with Crippen molar-refractivity contribution in [2.75, 3.05) is 4.90 Å². The molecular formula is C19H17NO4S. The summed E-state index contributed by atoms with van der Waals surface area (Å²) in [6, 6.07) is 13.9. The van der Waals surface area contributed by atoms with Crippen LogP contribution in [0.15, 0.2) is 53.4 Å². The van der Waals surface area contributed by atoms with E-state index in [9.17, 15) is 19.5 Å². The van der Waals surface area contributed by atoms with E-state index in [1.54, 1.807) is 30.3 Å². The fourth-order valence-corrected chi connectivity index (χ4v) is 4.05. The summed E-state index contributed by atoms with van der Waals surface area (Å²) in [5, 5.41) is 8.67. The monoisotopic (exact) mass is 355 g/mol. The van der Waals surface area contributed by atoms with Crippen LogP contribution in [0.4, 0.5) is 5.69 Å². The Morgan fingerprint density at radius 1 is 1.16 bits per heavy atom. The average Bonchev–Trinajstić information content (AvgIpc) is 2.88. The molecule has 1 fully saturated rings. The molecule has 0 spiro atoms. The van der Waals surface area contributed by atoms with Gasteiger partial charge >= 0.3 is 5.97 Å². The van der Waals surface area contributed by atoms with Gasteiger partial charge in [0.05, 0.1) is 16.5 Å². The lowest BCUT2D eigenvalue weighted by molar-refractivity contribution is -0.121. The number of carboxylic acids is 1. The second kappa shape index (κ2) is 7.11. The summed E-state index contributed by atoms with van der Waals surface area (Å²) in [5.41, 5.74) is 1.69. The first-order valence-corrected chi connectivity index (χ1v) is 8.84. The van der Waals surface area contributed by atoms with Gasteiger partial charge < -0.3 is 5.11 Å². The van der Waals surface area contributed by atoms with E-state index in [0.717, 1.165) is 17.3 Å². The molecule has 0 aromatic heterocycles. The Morgan fingerprint density at radius 3 is 2.56 bits per heavy atom. The van der Waals surface area contributed by atoms with Gasteiger partial charge in [-0.05, 0) is 30.2 Å². The fraction of sp³-hybridized carbons (Fsp3) is 0.211. The molecule has 0 radical (unpaired) electrons. The lowest BCUT2D eigenvalue weighted by Crippen LogP contribution is -2.32. The summed E-state index contributed by atoms with van der Waals surface area (Å²) in [5.74, 6) is -1.60. The Balaban J connectivity index is 1.89. The normalized spacial score (nSPS) is 17.2. The highest BCUT2D eigenvalue weighted by Gasteiger charge is 2.41. The maximum absolute atomic E-state index is 12.8. The van der Waals surface area contributed by atoms with E-state index in [1.807, 2.05) is 19.1 Å². The minimum absolute atomic E-state index is 0.0650. The van der Waals surface area contributed by atoms with Crippen molar-refractivity contribution >= 4 is 35.2 Å². The highest BCUT2D eigenvalue weighted by atomic mass is 32.2. The van der Waals surface area contributed by atoms with Gasteiger partial charge in [-0.25, -0.2) is 9.69 Å². The van der Waals surface area contributed by atoms with Crippen molar-refractivity contribution in [1.82, 2.24) is 0 Å². The van der Waals surface area contributed by atoms with Crippen molar-refractivity contribution in [3.63, 3.8) is 0 Å². The predicted octanol–water partition coefficient (Wildman–Crippen LogP) is 3.37. The minimum Gasteiger partial charge on any atom is -0.478 e. The summed E-state index contributed by atoms with van der Waals surface area (Å²) in [4.78, 5) is 38.3. The molecule has 128 valence electrons. The molecule has 0 unspecified atom stereocenters. The molecule has 1 aliphatic rings. The summed E-state index contributed by atoms with van der Waals surface area (Å²) in [7, 11) is 0. The first-order valence-electron chi connectivity index (χ1n) is 7.96. The van der Waals surface area contributed by atoms with Gasteiger partial charge in [-0.3, -0.25) is 9.59 Å². The van der Waals surface area contributed by atoms with Crippen LogP contribution in [0, 0.1) is 0 Å². The Labute approximate surface area is 149 Å². The number of rotatable bonds is 5. The van der Waals surface area contributed by atoms with Gasteiger partial charge in [0.2, 0.25) is 11.8 Å². The maximum atomic E-state index is 12.8. The number of anilines is 1. The number of hydrogen-bond acceptors (Lipinski definition) is 4. The van der Waals surface area contributed by atoms with E-state index in [4.69, 9.17) is 0 Å². The van der Waals surface area contributed by atoms with Crippen molar-refractivity contribution in [3.8, 4) is 0 Å². The highest BCUT2D eigenvalue weighted by Crippen LogP contribution is 2.36. The Bertz CT molecular complexity index is 849.